The first kappa shape index (κ1) is 24.5. The van der Waals surface area contributed by atoms with Gasteiger partial charge in [-0.3, -0.25) is 9.59 Å². The standard InChI is InChI=1S/C22H24F3N7O3/c23-22(24,25)20-16(13-28-30-21(20)34)29-15-2-3-17(15)35-10-5-19(33)32-8-6-31(7-9-32)18-4-1-14(11-26)12-27-18/h1,4,12-13,15,17H,2-3,5-10H2,(H2,29,30,34)/t15-,17+/m1/s1. The molecule has 1 saturated carbocycles. The van der Waals surface area contributed by atoms with Crippen LogP contribution in [0.3, 0.4) is 0 Å². The highest BCUT2D eigenvalue weighted by Crippen LogP contribution is 2.34. The maximum absolute atomic E-state index is 13.2. The van der Waals surface area contributed by atoms with Crippen molar-refractivity contribution >= 4 is 17.4 Å². The number of hydrogen-bond donors (Lipinski definition) is 2. The lowest BCUT2D eigenvalue weighted by molar-refractivity contribution is -0.138. The topological polar surface area (TPSA) is 127 Å². The fraction of sp³-hybridized carbons (Fsp3) is 0.500. The summed E-state index contributed by atoms with van der Waals surface area (Å²) in [5.41, 5.74) is -2.52. The normalized spacial score (nSPS) is 20.2. The van der Waals surface area contributed by atoms with E-state index in [1.165, 1.54) is 6.20 Å². The van der Waals surface area contributed by atoms with Crippen LogP contribution in [0.5, 0.6) is 0 Å². The summed E-state index contributed by atoms with van der Waals surface area (Å²) in [6.45, 7) is 2.45. The van der Waals surface area contributed by atoms with Crippen LogP contribution in [0.4, 0.5) is 24.7 Å². The molecule has 0 radical (unpaired) electrons. The molecular weight excluding hydrogens is 467 g/mol. The summed E-state index contributed by atoms with van der Waals surface area (Å²) < 4.78 is 45.4. The number of alkyl halides is 3. The number of nitriles is 1. The molecule has 0 bridgehead atoms. The van der Waals surface area contributed by atoms with E-state index < -0.39 is 23.3 Å². The largest absolute Gasteiger partial charge is 0.423 e. The van der Waals surface area contributed by atoms with Gasteiger partial charge >= 0.3 is 6.18 Å². The van der Waals surface area contributed by atoms with E-state index in [4.69, 9.17) is 10.00 Å². The van der Waals surface area contributed by atoms with Gasteiger partial charge in [0.1, 0.15) is 17.5 Å². The van der Waals surface area contributed by atoms with Crippen LogP contribution in [0.2, 0.25) is 0 Å². The van der Waals surface area contributed by atoms with Crippen molar-refractivity contribution < 1.29 is 22.7 Å². The van der Waals surface area contributed by atoms with Gasteiger partial charge in [-0.05, 0) is 25.0 Å². The Labute approximate surface area is 198 Å². The molecule has 0 unspecified atom stereocenters. The van der Waals surface area contributed by atoms with Gasteiger partial charge < -0.3 is 19.9 Å². The quantitative estimate of drug-likeness (QED) is 0.600. The molecule has 35 heavy (non-hydrogen) atoms. The van der Waals surface area contributed by atoms with Crippen LogP contribution in [0.1, 0.15) is 30.4 Å². The van der Waals surface area contributed by atoms with E-state index in [1.807, 2.05) is 11.0 Å². The Balaban J connectivity index is 1.22. The molecule has 0 aromatic carbocycles. The number of hydrogen-bond acceptors (Lipinski definition) is 8. The molecule has 2 fully saturated rings. The highest BCUT2D eigenvalue weighted by atomic mass is 19.4. The summed E-state index contributed by atoms with van der Waals surface area (Å²) in [4.78, 5) is 32.2. The van der Waals surface area contributed by atoms with Crippen molar-refractivity contribution in [1.82, 2.24) is 20.1 Å². The molecule has 1 aliphatic carbocycles. The molecular formula is C22H24F3N7O3. The first-order valence-corrected chi connectivity index (χ1v) is 11.2. The minimum absolute atomic E-state index is 0.0561. The molecule has 10 nitrogen and oxygen atoms in total. The van der Waals surface area contributed by atoms with Gasteiger partial charge in [0, 0.05) is 32.4 Å². The van der Waals surface area contributed by atoms with Crippen LogP contribution < -0.4 is 15.8 Å². The minimum atomic E-state index is -4.81. The third-order valence-electron chi connectivity index (χ3n) is 6.17. The lowest BCUT2D eigenvalue weighted by Gasteiger charge is -2.38. The number of carbonyl (C=O) groups excluding carboxylic acids is 1. The van der Waals surface area contributed by atoms with Crippen LogP contribution in [0.15, 0.2) is 29.3 Å². The summed E-state index contributed by atoms with van der Waals surface area (Å²) in [6, 6.07) is 5.11. The van der Waals surface area contributed by atoms with Gasteiger partial charge in [0.05, 0.1) is 42.6 Å². The number of piperazine rings is 1. The number of aromatic nitrogens is 3. The van der Waals surface area contributed by atoms with Crippen molar-refractivity contribution in [3.63, 3.8) is 0 Å². The van der Waals surface area contributed by atoms with E-state index in [0.717, 1.165) is 12.0 Å². The van der Waals surface area contributed by atoms with Crippen LogP contribution in [-0.4, -0.2) is 70.9 Å². The van der Waals surface area contributed by atoms with E-state index >= 15 is 0 Å². The van der Waals surface area contributed by atoms with Crippen LogP contribution >= 0.6 is 0 Å². The third-order valence-corrected chi connectivity index (χ3v) is 6.17. The Morgan fingerprint density at radius 2 is 2.00 bits per heavy atom. The minimum Gasteiger partial charge on any atom is -0.378 e. The Morgan fingerprint density at radius 3 is 2.60 bits per heavy atom. The van der Waals surface area contributed by atoms with E-state index in [0.29, 0.717) is 44.6 Å². The fourth-order valence-corrected chi connectivity index (χ4v) is 4.10. The number of halogens is 3. The number of rotatable bonds is 7. The Morgan fingerprint density at radius 1 is 1.23 bits per heavy atom. The zero-order valence-corrected chi connectivity index (χ0v) is 18.7. The second-order valence-corrected chi connectivity index (χ2v) is 8.36. The maximum Gasteiger partial charge on any atom is 0.423 e. The van der Waals surface area contributed by atoms with E-state index in [1.54, 1.807) is 22.1 Å². The predicted octanol–water partition coefficient (Wildman–Crippen LogP) is 1.75. The molecule has 1 amide bonds. The lowest BCUT2D eigenvalue weighted by Crippen LogP contribution is -2.49. The van der Waals surface area contributed by atoms with Gasteiger partial charge in [0.2, 0.25) is 5.91 Å². The average molecular weight is 491 g/mol. The number of nitrogens with zero attached hydrogens (tertiary/aromatic N) is 5. The monoisotopic (exact) mass is 491 g/mol. The molecule has 186 valence electrons. The molecule has 2 aromatic rings. The number of aromatic amines is 1. The average Bonchev–Trinajstić information content (AvgIpc) is 2.83. The molecule has 0 spiro atoms. The van der Waals surface area contributed by atoms with E-state index in [-0.39, 0.29) is 30.7 Å². The van der Waals surface area contributed by atoms with Crippen molar-refractivity contribution in [3.05, 3.63) is 46.0 Å². The number of amides is 1. The SMILES string of the molecule is N#Cc1ccc(N2CCN(C(=O)CCO[C@H]3CC[C@H]3Nc3cn[nH]c(=O)c3C(F)(F)F)CC2)nc1. The van der Waals surface area contributed by atoms with Crippen molar-refractivity contribution in [2.75, 3.05) is 43.0 Å². The third kappa shape index (κ3) is 5.71. The molecule has 13 heteroatoms. The number of ether oxygens (including phenoxy) is 1. The molecule has 2 aliphatic rings. The summed E-state index contributed by atoms with van der Waals surface area (Å²) in [5, 5.41) is 16.9. The van der Waals surface area contributed by atoms with Crippen LogP contribution in [-0.2, 0) is 15.7 Å². The van der Waals surface area contributed by atoms with Gasteiger partial charge in [-0.1, -0.05) is 0 Å². The fourth-order valence-electron chi connectivity index (χ4n) is 4.10. The predicted molar refractivity (Wildman–Crippen MR) is 119 cm³/mol. The van der Waals surface area contributed by atoms with E-state index in [9.17, 15) is 22.8 Å². The van der Waals surface area contributed by atoms with Gasteiger partial charge in [-0.15, -0.1) is 0 Å². The Hall–Kier alpha value is -3.66. The highest BCUT2D eigenvalue weighted by Gasteiger charge is 2.40. The number of pyridine rings is 1. The van der Waals surface area contributed by atoms with Gasteiger partial charge in [0.15, 0.2) is 0 Å². The summed E-state index contributed by atoms with van der Waals surface area (Å²) in [5.74, 6) is 0.701. The number of anilines is 2. The molecule has 2 aromatic heterocycles. The summed E-state index contributed by atoms with van der Waals surface area (Å²) in [7, 11) is 0. The molecule has 4 rings (SSSR count). The molecule has 3 heterocycles. The van der Waals surface area contributed by atoms with E-state index in [2.05, 4.69) is 15.4 Å². The zero-order chi connectivity index (χ0) is 25.0. The number of H-pyrrole nitrogens is 1. The van der Waals surface area contributed by atoms with Crippen molar-refractivity contribution in [3.8, 4) is 6.07 Å². The Kier molecular flexibility index (Phi) is 7.20. The number of carbonyl (C=O) groups is 1. The van der Waals surface area contributed by atoms with Crippen LogP contribution in [0.25, 0.3) is 0 Å². The summed E-state index contributed by atoms with van der Waals surface area (Å²) >= 11 is 0. The van der Waals surface area contributed by atoms with Crippen molar-refractivity contribution in [1.29, 1.82) is 5.26 Å². The maximum atomic E-state index is 13.2. The summed E-state index contributed by atoms with van der Waals surface area (Å²) in [6.07, 6.45) is -1.33. The Bertz CT molecular complexity index is 1140. The molecule has 2 atom stereocenters. The number of nitrogens with one attached hydrogen (secondary N) is 2. The second-order valence-electron chi connectivity index (χ2n) is 8.36. The smallest absolute Gasteiger partial charge is 0.378 e. The van der Waals surface area contributed by atoms with Crippen molar-refractivity contribution in [2.24, 2.45) is 0 Å². The van der Waals surface area contributed by atoms with Crippen LogP contribution in [0, 0.1) is 11.3 Å². The van der Waals surface area contributed by atoms with Gasteiger partial charge in [-0.25, -0.2) is 10.1 Å². The lowest BCUT2D eigenvalue weighted by atomic mass is 9.88. The molecule has 1 saturated heterocycles. The zero-order valence-electron chi connectivity index (χ0n) is 18.7. The first-order chi connectivity index (χ1) is 16.8. The molecule has 2 N–H and O–H groups in total. The van der Waals surface area contributed by atoms with Crippen molar-refractivity contribution in [2.45, 2.75) is 37.6 Å². The first-order valence-electron chi connectivity index (χ1n) is 11.2. The van der Waals surface area contributed by atoms with Gasteiger partial charge in [-0.2, -0.15) is 23.5 Å². The highest BCUT2D eigenvalue weighted by molar-refractivity contribution is 5.76. The van der Waals surface area contributed by atoms with Gasteiger partial charge in [0.25, 0.3) is 5.56 Å². The molecule has 1 aliphatic heterocycles. The second kappa shape index (κ2) is 10.3.